The number of hydrogen-bond acceptors (Lipinski definition) is 2. The molecule has 1 heterocycles. The van der Waals surface area contributed by atoms with Crippen molar-refractivity contribution in [2.75, 3.05) is 6.61 Å². The summed E-state index contributed by atoms with van der Waals surface area (Å²) in [7, 11) is 0. The van der Waals surface area contributed by atoms with E-state index in [2.05, 4.69) is 50.0 Å². The lowest BCUT2D eigenvalue weighted by molar-refractivity contribution is -0.143. The minimum atomic E-state index is -0.0735. The maximum atomic E-state index is 11.8. The van der Waals surface area contributed by atoms with E-state index in [1.165, 1.54) is 22.2 Å². The number of nitrogens with one attached hydrogen (secondary N) is 1. The number of para-hydroxylation sites is 1. The van der Waals surface area contributed by atoms with E-state index >= 15 is 0 Å². The second-order valence-electron chi connectivity index (χ2n) is 6.62. The molecule has 21 heavy (non-hydrogen) atoms. The zero-order valence-electron chi connectivity index (χ0n) is 13.2. The molecule has 1 aromatic heterocycles. The van der Waals surface area contributed by atoms with Crippen molar-refractivity contribution in [3.63, 3.8) is 0 Å². The van der Waals surface area contributed by atoms with E-state index in [-0.39, 0.29) is 11.4 Å². The SMILES string of the molecule is CCOC(=O)C[C@H]1[C@@H](c2c(C)[nH]c3ccccc23)C1(C)C. The summed E-state index contributed by atoms with van der Waals surface area (Å²) in [5, 5.41) is 1.29. The number of aromatic nitrogens is 1. The molecule has 0 saturated heterocycles. The highest BCUT2D eigenvalue weighted by molar-refractivity contribution is 5.86. The molecule has 1 aromatic carbocycles. The first kappa shape index (κ1) is 14.2. The molecule has 2 atom stereocenters. The Morgan fingerprint density at radius 2 is 2.05 bits per heavy atom. The van der Waals surface area contributed by atoms with Gasteiger partial charge in [0.25, 0.3) is 0 Å². The Labute approximate surface area is 125 Å². The van der Waals surface area contributed by atoms with Crippen LogP contribution < -0.4 is 0 Å². The summed E-state index contributed by atoms with van der Waals surface area (Å²) in [6.45, 7) is 8.96. The van der Waals surface area contributed by atoms with Gasteiger partial charge in [-0.2, -0.15) is 0 Å². The van der Waals surface area contributed by atoms with Crippen molar-refractivity contribution in [3.8, 4) is 0 Å². The summed E-state index contributed by atoms with van der Waals surface area (Å²) in [5.41, 5.74) is 3.94. The minimum absolute atomic E-state index is 0.0735. The molecule has 1 aliphatic rings. The van der Waals surface area contributed by atoms with Crippen molar-refractivity contribution in [2.45, 2.75) is 40.0 Å². The van der Waals surface area contributed by atoms with Crippen LogP contribution in [0, 0.1) is 18.3 Å². The number of carbonyl (C=O) groups excluding carboxylic acids is 1. The van der Waals surface area contributed by atoms with E-state index in [1.807, 2.05) is 6.92 Å². The average molecular weight is 285 g/mol. The summed E-state index contributed by atoms with van der Waals surface area (Å²) in [6.07, 6.45) is 0.518. The molecule has 0 bridgehead atoms. The van der Waals surface area contributed by atoms with Gasteiger partial charge in [-0.25, -0.2) is 0 Å². The zero-order chi connectivity index (χ0) is 15.2. The van der Waals surface area contributed by atoms with Crippen LogP contribution in [0.5, 0.6) is 0 Å². The summed E-state index contributed by atoms with van der Waals surface area (Å²) in [6, 6.07) is 8.41. The molecule has 1 N–H and O–H groups in total. The highest BCUT2D eigenvalue weighted by Gasteiger charge is 2.59. The number of aryl methyl sites for hydroxylation is 1. The van der Waals surface area contributed by atoms with Crippen LogP contribution in [0.2, 0.25) is 0 Å². The topological polar surface area (TPSA) is 42.1 Å². The fourth-order valence-corrected chi connectivity index (χ4v) is 3.80. The lowest BCUT2D eigenvalue weighted by Gasteiger charge is -2.03. The monoisotopic (exact) mass is 285 g/mol. The van der Waals surface area contributed by atoms with Gasteiger partial charge in [-0.15, -0.1) is 0 Å². The third-order valence-electron chi connectivity index (χ3n) is 5.00. The van der Waals surface area contributed by atoms with E-state index in [0.29, 0.717) is 24.9 Å². The minimum Gasteiger partial charge on any atom is -0.466 e. The van der Waals surface area contributed by atoms with Crippen LogP contribution in [0.4, 0.5) is 0 Å². The van der Waals surface area contributed by atoms with Gasteiger partial charge in [-0.1, -0.05) is 32.0 Å². The molecule has 0 spiro atoms. The van der Waals surface area contributed by atoms with Gasteiger partial charge in [0.2, 0.25) is 0 Å². The summed E-state index contributed by atoms with van der Waals surface area (Å²) < 4.78 is 5.12. The smallest absolute Gasteiger partial charge is 0.306 e. The first-order chi connectivity index (χ1) is 9.96. The number of aromatic amines is 1. The number of hydrogen-bond donors (Lipinski definition) is 1. The zero-order valence-corrected chi connectivity index (χ0v) is 13.2. The second kappa shape index (κ2) is 4.90. The van der Waals surface area contributed by atoms with Gasteiger partial charge in [0.1, 0.15) is 0 Å². The normalized spacial score (nSPS) is 23.2. The van der Waals surface area contributed by atoms with Crippen molar-refractivity contribution >= 4 is 16.9 Å². The summed E-state index contributed by atoms with van der Waals surface area (Å²) >= 11 is 0. The largest absolute Gasteiger partial charge is 0.466 e. The highest BCUT2D eigenvalue weighted by Crippen LogP contribution is 2.67. The average Bonchev–Trinajstić information content (AvgIpc) is 2.78. The molecule has 0 radical (unpaired) electrons. The molecule has 0 aliphatic heterocycles. The molecule has 112 valence electrons. The van der Waals surface area contributed by atoms with Crippen molar-refractivity contribution < 1.29 is 9.53 Å². The highest BCUT2D eigenvalue weighted by atomic mass is 16.5. The van der Waals surface area contributed by atoms with Crippen molar-refractivity contribution in [1.29, 1.82) is 0 Å². The summed E-state index contributed by atoms with van der Waals surface area (Å²) in [4.78, 5) is 15.3. The fraction of sp³-hybridized carbons (Fsp3) is 0.500. The van der Waals surface area contributed by atoms with Crippen molar-refractivity contribution in [3.05, 3.63) is 35.5 Å². The Morgan fingerprint density at radius 3 is 2.76 bits per heavy atom. The van der Waals surface area contributed by atoms with Gasteiger partial charge in [0.05, 0.1) is 6.61 Å². The molecule has 0 amide bonds. The lowest BCUT2D eigenvalue weighted by atomic mass is 10.0. The first-order valence-corrected chi connectivity index (χ1v) is 7.69. The van der Waals surface area contributed by atoms with E-state index in [0.717, 1.165) is 0 Å². The molecule has 3 nitrogen and oxygen atoms in total. The van der Waals surface area contributed by atoms with Gasteiger partial charge in [-0.05, 0) is 42.7 Å². The van der Waals surface area contributed by atoms with Crippen molar-refractivity contribution in [2.24, 2.45) is 11.3 Å². The van der Waals surface area contributed by atoms with Crippen LogP contribution in [-0.4, -0.2) is 17.6 Å². The molecular formula is C18H23NO2. The lowest BCUT2D eigenvalue weighted by Crippen LogP contribution is -2.06. The predicted molar refractivity (Wildman–Crippen MR) is 84.3 cm³/mol. The third-order valence-corrected chi connectivity index (χ3v) is 5.00. The fourth-order valence-electron chi connectivity index (χ4n) is 3.80. The maximum absolute atomic E-state index is 11.8. The number of esters is 1. The van der Waals surface area contributed by atoms with E-state index in [1.54, 1.807) is 0 Å². The third kappa shape index (κ3) is 2.25. The van der Waals surface area contributed by atoms with Gasteiger partial charge < -0.3 is 9.72 Å². The number of ether oxygens (including phenoxy) is 1. The van der Waals surface area contributed by atoms with Crippen LogP contribution in [-0.2, 0) is 9.53 Å². The maximum Gasteiger partial charge on any atom is 0.306 e. The Hall–Kier alpha value is -1.77. The Morgan fingerprint density at radius 1 is 1.33 bits per heavy atom. The van der Waals surface area contributed by atoms with Gasteiger partial charge in [-0.3, -0.25) is 4.79 Å². The molecule has 3 heteroatoms. The van der Waals surface area contributed by atoms with Gasteiger partial charge in [0, 0.05) is 23.0 Å². The van der Waals surface area contributed by atoms with E-state index in [9.17, 15) is 4.79 Å². The molecule has 1 saturated carbocycles. The Kier molecular flexibility index (Phi) is 3.31. The number of benzene rings is 1. The number of rotatable bonds is 4. The molecule has 1 aliphatic carbocycles. The van der Waals surface area contributed by atoms with Gasteiger partial charge in [0.15, 0.2) is 0 Å². The van der Waals surface area contributed by atoms with Crippen LogP contribution in [0.25, 0.3) is 10.9 Å². The number of fused-ring (bicyclic) bond motifs is 1. The number of carbonyl (C=O) groups is 1. The van der Waals surface area contributed by atoms with Crippen LogP contribution >= 0.6 is 0 Å². The summed E-state index contributed by atoms with van der Waals surface area (Å²) in [5.74, 6) is 0.725. The van der Waals surface area contributed by atoms with Crippen LogP contribution in [0.1, 0.15) is 44.4 Å². The Balaban J connectivity index is 1.92. The molecule has 3 rings (SSSR count). The quantitative estimate of drug-likeness (QED) is 0.857. The van der Waals surface area contributed by atoms with E-state index in [4.69, 9.17) is 4.74 Å². The molecule has 2 aromatic rings. The second-order valence-corrected chi connectivity index (χ2v) is 6.62. The predicted octanol–water partition coefficient (Wildman–Crippen LogP) is 4.17. The van der Waals surface area contributed by atoms with E-state index < -0.39 is 0 Å². The van der Waals surface area contributed by atoms with Crippen LogP contribution in [0.15, 0.2) is 24.3 Å². The molecule has 1 fully saturated rings. The molecular weight excluding hydrogens is 262 g/mol. The number of H-pyrrole nitrogens is 1. The van der Waals surface area contributed by atoms with Crippen molar-refractivity contribution in [1.82, 2.24) is 4.98 Å². The Bertz CT molecular complexity index is 684. The standard InChI is InChI=1S/C18H23NO2/c1-5-21-15(20)10-13-17(18(13,3)4)16-11(2)19-14-9-7-6-8-12(14)16/h6-9,13,17,19H,5,10H2,1-4H3/t13-,17-/m0/s1. The first-order valence-electron chi connectivity index (χ1n) is 7.69. The van der Waals surface area contributed by atoms with Crippen LogP contribution in [0.3, 0.4) is 0 Å². The molecule has 0 unspecified atom stereocenters. The van der Waals surface area contributed by atoms with Gasteiger partial charge >= 0.3 is 5.97 Å².